The molecule has 0 spiro atoms. The highest BCUT2D eigenvalue weighted by Gasteiger charge is 2.52. The molecule has 2 aromatic carbocycles. The van der Waals surface area contributed by atoms with Gasteiger partial charge in [0.2, 0.25) is 12.7 Å². The second kappa shape index (κ2) is 9.54. The van der Waals surface area contributed by atoms with Crippen LogP contribution in [0.25, 0.3) is 0 Å². The molecule has 1 fully saturated rings. The second-order valence-electron chi connectivity index (χ2n) is 10.0. The standard InChI is InChI=1S/C26H28ClN3O4S2/c1-15-22(21(30-36(32)25(2,3)4)17-7-5-6-8-18(17)27)35-24(28-15)29-23(31)26(11-12-26)16-9-10-19-20(13-16)34-14-33-19/h5-10,13,21,30H,11-12,14H2,1-4H3,(H,28,29,31)/t21-,36?/m1/s1. The van der Waals surface area contributed by atoms with E-state index < -0.39 is 27.6 Å². The van der Waals surface area contributed by atoms with Crippen LogP contribution in [0.3, 0.4) is 0 Å². The first-order valence-electron chi connectivity index (χ1n) is 11.7. The van der Waals surface area contributed by atoms with Crippen molar-refractivity contribution in [2.45, 2.75) is 56.7 Å². The minimum absolute atomic E-state index is 0.0952. The SMILES string of the molecule is Cc1nc(NC(=O)C2(c3ccc4c(c3)OCO4)CC2)sc1[C@H](N[S+]([O-])C(C)(C)C)c1ccccc1Cl. The first kappa shape index (κ1) is 25.4. The summed E-state index contributed by atoms with van der Waals surface area (Å²) in [7, 11) is 0. The molecule has 10 heteroatoms. The summed E-state index contributed by atoms with van der Waals surface area (Å²) >= 11 is 6.56. The molecule has 5 rings (SSSR count). The van der Waals surface area contributed by atoms with Crippen LogP contribution < -0.4 is 19.5 Å². The zero-order valence-electron chi connectivity index (χ0n) is 20.5. The van der Waals surface area contributed by atoms with Crippen molar-refractivity contribution < 1.29 is 18.8 Å². The number of carbonyl (C=O) groups excluding carboxylic acids is 1. The molecule has 2 heterocycles. The van der Waals surface area contributed by atoms with Gasteiger partial charge in [0.25, 0.3) is 0 Å². The Labute approximate surface area is 222 Å². The Morgan fingerprint density at radius 1 is 1.19 bits per heavy atom. The van der Waals surface area contributed by atoms with Gasteiger partial charge in [-0.2, -0.15) is 0 Å². The first-order chi connectivity index (χ1) is 17.1. The lowest BCUT2D eigenvalue weighted by Gasteiger charge is -2.28. The van der Waals surface area contributed by atoms with Crippen LogP contribution >= 0.6 is 22.9 Å². The number of amides is 1. The van der Waals surface area contributed by atoms with E-state index in [0.717, 1.165) is 34.5 Å². The first-order valence-corrected chi connectivity index (χ1v) is 14.0. The van der Waals surface area contributed by atoms with Gasteiger partial charge in [0, 0.05) is 16.4 Å². The predicted octanol–water partition coefficient (Wildman–Crippen LogP) is 5.65. The summed E-state index contributed by atoms with van der Waals surface area (Å²) in [6, 6.07) is 12.7. The van der Waals surface area contributed by atoms with Crippen molar-refractivity contribution in [1.82, 2.24) is 9.71 Å². The summed E-state index contributed by atoms with van der Waals surface area (Å²) in [5.74, 6) is 1.27. The lowest BCUT2D eigenvalue weighted by molar-refractivity contribution is -0.118. The average Bonchev–Trinajstić information content (AvgIpc) is 3.38. The van der Waals surface area contributed by atoms with Crippen molar-refractivity contribution in [1.29, 1.82) is 0 Å². The van der Waals surface area contributed by atoms with E-state index in [2.05, 4.69) is 15.0 Å². The number of nitrogens with zero attached hydrogens (tertiary/aromatic N) is 1. The van der Waals surface area contributed by atoms with Crippen LogP contribution in [0, 0.1) is 6.92 Å². The molecule has 1 amide bonds. The minimum Gasteiger partial charge on any atom is -0.598 e. The van der Waals surface area contributed by atoms with Crippen molar-refractivity contribution in [3.63, 3.8) is 0 Å². The highest BCUT2D eigenvalue weighted by atomic mass is 35.5. The Bertz CT molecular complexity index is 1300. The van der Waals surface area contributed by atoms with Gasteiger partial charge in [-0.3, -0.25) is 4.79 Å². The van der Waals surface area contributed by atoms with Crippen LogP contribution in [-0.4, -0.2) is 27.0 Å². The number of anilines is 1. The van der Waals surface area contributed by atoms with E-state index in [1.54, 1.807) is 0 Å². The van der Waals surface area contributed by atoms with Crippen molar-refractivity contribution in [2.24, 2.45) is 0 Å². The van der Waals surface area contributed by atoms with Crippen molar-refractivity contribution >= 4 is 45.3 Å². The van der Waals surface area contributed by atoms with Crippen LogP contribution in [0.15, 0.2) is 42.5 Å². The van der Waals surface area contributed by atoms with Crippen LogP contribution in [-0.2, 0) is 21.6 Å². The van der Waals surface area contributed by atoms with E-state index in [1.165, 1.54) is 11.3 Å². The molecule has 0 saturated heterocycles. The van der Waals surface area contributed by atoms with Crippen LogP contribution in [0.5, 0.6) is 11.5 Å². The fourth-order valence-electron chi connectivity index (χ4n) is 4.16. The Kier molecular flexibility index (Phi) is 6.72. The fourth-order valence-corrected chi connectivity index (χ4v) is 6.33. The average molecular weight is 546 g/mol. The van der Waals surface area contributed by atoms with Gasteiger partial charge < -0.3 is 19.3 Å². The molecule has 1 unspecified atom stereocenters. The maximum Gasteiger partial charge on any atom is 0.236 e. The van der Waals surface area contributed by atoms with E-state index in [9.17, 15) is 9.35 Å². The number of nitrogens with one attached hydrogen (secondary N) is 2. The van der Waals surface area contributed by atoms with Gasteiger partial charge in [-0.25, -0.2) is 4.98 Å². The number of hydrogen-bond donors (Lipinski definition) is 2. The summed E-state index contributed by atoms with van der Waals surface area (Å²) in [5.41, 5.74) is 1.86. The highest BCUT2D eigenvalue weighted by Crippen LogP contribution is 2.51. The summed E-state index contributed by atoms with van der Waals surface area (Å²) in [6.45, 7) is 7.82. The molecule has 1 aromatic heterocycles. The van der Waals surface area contributed by atoms with Crippen molar-refractivity contribution in [3.8, 4) is 11.5 Å². The van der Waals surface area contributed by atoms with Gasteiger partial charge in [-0.15, -0.1) is 4.72 Å². The van der Waals surface area contributed by atoms with Gasteiger partial charge in [0.15, 0.2) is 16.6 Å². The molecule has 36 heavy (non-hydrogen) atoms. The molecule has 1 aliphatic carbocycles. The third kappa shape index (κ3) is 4.82. The zero-order chi connectivity index (χ0) is 25.7. The molecule has 2 N–H and O–H groups in total. The molecular formula is C26H28ClN3O4S2. The van der Waals surface area contributed by atoms with Crippen LogP contribution in [0.1, 0.15) is 61.4 Å². The monoisotopic (exact) mass is 545 g/mol. The van der Waals surface area contributed by atoms with Gasteiger partial charge in [0.05, 0.1) is 16.0 Å². The predicted molar refractivity (Wildman–Crippen MR) is 143 cm³/mol. The smallest absolute Gasteiger partial charge is 0.236 e. The Balaban J connectivity index is 1.41. The summed E-state index contributed by atoms with van der Waals surface area (Å²) < 4.78 is 26.7. The maximum atomic E-state index is 13.4. The lowest BCUT2D eigenvalue weighted by Crippen LogP contribution is -2.41. The summed E-state index contributed by atoms with van der Waals surface area (Å²) in [4.78, 5) is 18.9. The van der Waals surface area contributed by atoms with Gasteiger partial charge in [0.1, 0.15) is 10.8 Å². The third-order valence-corrected chi connectivity index (χ3v) is 9.47. The number of halogens is 1. The molecule has 2 aliphatic rings. The van der Waals surface area contributed by atoms with Crippen molar-refractivity contribution in [2.75, 3.05) is 12.1 Å². The van der Waals surface area contributed by atoms with E-state index in [-0.39, 0.29) is 12.7 Å². The molecule has 3 aromatic rings. The number of ether oxygens (including phenoxy) is 2. The molecule has 7 nitrogen and oxygen atoms in total. The Hall–Kier alpha value is -2.30. The zero-order valence-corrected chi connectivity index (χ0v) is 22.9. The number of benzene rings is 2. The van der Waals surface area contributed by atoms with Crippen LogP contribution in [0.4, 0.5) is 5.13 Å². The van der Waals surface area contributed by atoms with E-state index in [0.29, 0.717) is 21.7 Å². The lowest BCUT2D eigenvalue weighted by atomic mass is 9.94. The molecule has 2 atom stereocenters. The third-order valence-electron chi connectivity index (χ3n) is 6.42. The van der Waals surface area contributed by atoms with E-state index in [4.69, 9.17) is 21.1 Å². The topological polar surface area (TPSA) is 95.5 Å². The molecule has 0 radical (unpaired) electrons. The molecule has 1 saturated carbocycles. The van der Waals surface area contributed by atoms with Crippen LogP contribution in [0.2, 0.25) is 5.02 Å². The van der Waals surface area contributed by atoms with Gasteiger partial charge in [-0.05, 0) is 69.9 Å². The number of fused-ring (bicyclic) bond motifs is 1. The summed E-state index contributed by atoms with van der Waals surface area (Å²) in [5, 5.41) is 4.10. The van der Waals surface area contributed by atoms with Gasteiger partial charge >= 0.3 is 0 Å². The fraction of sp³-hybridized carbons (Fsp3) is 0.385. The second-order valence-corrected chi connectivity index (χ2v) is 13.5. The molecule has 190 valence electrons. The molecular weight excluding hydrogens is 518 g/mol. The molecule has 0 bridgehead atoms. The number of rotatable bonds is 7. The van der Waals surface area contributed by atoms with E-state index in [1.807, 2.05) is 70.2 Å². The molecule has 1 aliphatic heterocycles. The largest absolute Gasteiger partial charge is 0.598 e. The van der Waals surface area contributed by atoms with Gasteiger partial charge in [-0.1, -0.05) is 47.2 Å². The van der Waals surface area contributed by atoms with Crippen molar-refractivity contribution in [3.05, 3.63) is 69.2 Å². The normalized spacial score (nSPS) is 17.5. The number of thiazole rings is 1. The minimum atomic E-state index is -1.35. The quantitative estimate of drug-likeness (QED) is 0.373. The summed E-state index contributed by atoms with van der Waals surface area (Å²) in [6.07, 6.45) is 1.51. The number of aromatic nitrogens is 1. The Morgan fingerprint density at radius 3 is 2.61 bits per heavy atom. The number of aryl methyl sites for hydroxylation is 1. The Morgan fingerprint density at radius 2 is 1.92 bits per heavy atom. The van der Waals surface area contributed by atoms with E-state index >= 15 is 0 Å². The highest BCUT2D eigenvalue weighted by molar-refractivity contribution is 7.90. The number of carbonyl (C=O) groups is 1. The maximum absolute atomic E-state index is 13.4. The number of hydrogen-bond acceptors (Lipinski definition) is 7.